The molecule has 29 heavy (non-hydrogen) atoms. The minimum atomic E-state index is 0.108. The molecule has 1 aliphatic carbocycles. The topological polar surface area (TPSA) is 62.3 Å². The van der Waals surface area contributed by atoms with Crippen LogP contribution in [0.2, 0.25) is 0 Å². The summed E-state index contributed by atoms with van der Waals surface area (Å²) >= 11 is 0. The maximum atomic E-state index is 13.0. The first-order valence-corrected chi connectivity index (χ1v) is 11.7. The second-order valence-corrected chi connectivity index (χ2v) is 9.08. The van der Waals surface area contributed by atoms with Crippen LogP contribution in [0.15, 0.2) is 0 Å². The molecule has 0 spiro atoms. The summed E-state index contributed by atoms with van der Waals surface area (Å²) in [5.74, 6) is 0.957. The van der Waals surface area contributed by atoms with E-state index in [2.05, 4.69) is 9.80 Å². The van der Waals surface area contributed by atoms with Gasteiger partial charge < -0.3 is 19.3 Å². The van der Waals surface area contributed by atoms with Gasteiger partial charge in [0.1, 0.15) is 0 Å². The van der Waals surface area contributed by atoms with Crippen molar-refractivity contribution < 1.29 is 19.1 Å². The molecule has 0 bridgehead atoms. The summed E-state index contributed by atoms with van der Waals surface area (Å²) in [6.07, 6.45) is 6.77. The molecular weight excluding hydrogens is 370 g/mol. The number of rotatable bonds is 7. The summed E-state index contributed by atoms with van der Waals surface area (Å²) in [6.45, 7) is 8.40. The molecule has 3 saturated heterocycles. The number of likely N-dealkylation sites (tertiary alicyclic amines) is 1. The minimum Gasteiger partial charge on any atom is -0.381 e. The Morgan fingerprint density at radius 1 is 0.862 bits per heavy atom. The smallest absolute Gasteiger partial charge is 0.225 e. The van der Waals surface area contributed by atoms with Crippen molar-refractivity contribution in [2.45, 2.75) is 51.0 Å². The van der Waals surface area contributed by atoms with Gasteiger partial charge in [0, 0.05) is 70.4 Å². The molecule has 0 aromatic carbocycles. The predicted molar refractivity (Wildman–Crippen MR) is 109 cm³/mol. The van der Waals surface area contributed by atoms with Crippen molar-refractivity contribution in [2.24, 2.45) is 11.8 Å². The molecule has 1 atom stereocenters. The molecule has 3 aliphatic heterocycles. The van der Waals surface area contributed by atoms with Crippen LogP contribution in [0.25, 0.3) is 0 Å². The quantitative estimate of drug-likeness (QED) is 0.638. The number of morpholine rings is 1. The summed E-state index contributed by atoms with van der Waals surface area (Å²) in [7, 11) is 0. The number of nitrogens with zero attached hydrogens (tertiary/aromatic N) is 3. The molecular formula is C22H37N3O4. The molecule has 7 heteroatoms. The van der Waals surface area contributed by atoms with Gasteiger partial charge >= 0.3 is 0 Å². The van der Waals surface area contributed by atoms with E-state index in [0.29, 0.717) is 25.7 Å². The van der Waals surface area contributed by atoms with E-state index >= 15 is 0 Å². The molecule has 3 heterocycles. The lowest BCUT2D eigenvalue weighted by Crippen LogP contribution is -2.54. The summed E-state index contributed by atoms with van der Waals surface area (Å²) in [5.41, 5.74) is 0. The van der Waals surface area contributed by atoms with Crippen LogP contribution in [0.3, 0.4) is 0 Å². The first-order valence-electron chi connectivity index (χ1n) is 11.7. The zero-order valence-corrected chi connectivity index (χ0v) is 17.7. The molecule has 0 aromatic rings. The van der Waals surface area contributed by atoms with E-state index < -0.39 is 0 Å². The monoisotopic (exact) mass is 407 g/mol. The van der Waals surface area contributed by atoms with Gasteiger partial charge in [-0.05, 0) is 44.9 Å². The molecule has 4 aliphatic rings. The van der Waals surface area contributed by atoms with Crippen LogP contribution in [0, 0.1) is 11.8 Å². The fourth-order valence-corrected chi connectivity index (χ4v) is 4.94. The second kappa shape index (κ2) is 10.2. The largest absolute Gasteiger partial charge is 0.381 e. The molecule has 0 N–H and O–H groups in total. The molecule has 0 radical (unpaired) electrons. The van der Waals surface area contributed by atoms with Gasteiger partial charge in [-0.2, -0.15) is 0 Å². The van der Waals surface area contributed by atoms with Crippen molar-refractivity contribution in [1.29, 1.82) is 0 Å². The fourth-order valence-electron chi connectivity index (χ4n) is 4.94. The van der Waals surface area contributed by atoms with Crippen LogP contribution >= 0.6 is 0 Å². The normalized spacial score (nSPS) is 27.0. The van der Waals surface area contributed by atoms with E-state index in [9.17, 15) is 9.59 Å². The van der Waals surface area contributed by atoms with Gasteiger partial charge in [-0.25, -0.2) is 0 Å². The molecule has 1 unspecified atom stereocenters. The average Bonchev–Trinajstić information content (AvgIpc) is 3.63. The summed E-state index contributed by atoms with van der Waals surface area (Å²) < 4.78 is 10.9. The first kappa shape index (κ1) is 21.1. The highest BCUT2D eigenvalue weighted by Crippen LogP contribution is 2.33. The maximum absolute atomic E-state index is 13.0. The van der Waals surface area contributed by atoms with Crippen LogP contribution in [-0.4, -0.2) is 98.3 Å². The van der Waals surface area contributed by atoms with Gasteiger partial charge in [0.2, 0.25) is 11.8 Å². The van der Waals surface area contributed by atoms with E-state index in [1.807, 2.05) is 4.90 Å². The number of hydrogen-bond acceptors (Lipinski definition) is 5. The second-order valence-electron chi connectivity index (χ2n) is 9.08. The van der Waals surface area contributed by atoms with Crippen LogP contribution in [0.1, 0.15) is 44.9 Å². The lowest BCUT2D eigenvalue weighted by Gasteiger charge is -2.41. The number of piperidine rings is 1. The van der Waals surface area contributed by atoms with Crippen molar-refractivity contribution >= 4 is 11.8 Å². The van der Waals surface area contributed by atoms with Gasteiger partial charge in [-0.15, -0.1) is 0 Å². The average molecular weight is 408 g/mol. The predicted octanol–water partition coefficient (Wildman–Crippen LogP) is 1.36. The number of hydrogen-bond donors (Lipinski definition) is 0. The number of amides is 2. The third-order valence-electron chi connectivity index (χ3n) is 6.91. The van der Waals surface area contributed by atoms with Crippen molar-refractivity contribution in [3.05, 3.63) is 0 Å². The Morgan fingerprint density at radius 2 is 1.59 bits per heavy atom. The van der Waals surface area contributed by atoms with E-state index in [-0.39, 0.29) is 23.8 Å². The third kappa shape index (κ3) is 5.70. The zero-order chi connectivity index (χ0) is 20.1. The molecule has 4 rings (SSSR count). The number of carbonyl (C=O) groups excluding carboxylic acids is 2. The molecule has 1 saturated carbocycles. The van der Waals surface area contributed by atoms with Crippen molar-refractivity contribution in [3.63, 3.8) is 0 Å². The number of carbonyl (C=O) groups is 2. The van der Waals surface area contributed by atoms with Gasteiger partial charge in [-0.1, -0.05) is 0 Å². The molecule has 164 valence electrons. The first-order chi connectivity index (χ1) is 14.2. The van der Waals surface area contributed by atoms with Crippen LogP contribution < -0.4 is 0 Å². The van der Waals surface area contributed by atoms with E-state index in [1.54, 1.807) is 0 Å². The van der Waals surface area contributed by atoms with Gasteiger partial charge in [0.05, 0.1) is 13.2 Å². The Morgan fingerprint density at radius 3 is 2.31 bits per heavy atom. The lowest BCUT2D eigenvalue weighted by molar-refractivity contribution is -0.144. The molecule has 0 aromatic heterocycles. The highest BCUT2D eigenvalue weighted by atomic mass is 16.5. The van der Waals surface area contributed by atoms with Gasteiger partial charge in [0.25, 0.3) is 0 Å². The Bertz CT molecular complexity index is 556. The highest BCUT2D eigenvalue weighted by Gasteiger charge is 2.38. The molecule has 2 amide bonds. The van der Waals surface area contributed by atoms with E-state index in [1.165, 1.54) is 0 Å². The summed E-state index contributed by atoms with van der Waals surface area (Å²) in [5, 5.41) is 0. The van der Waals surface area contributed by atoms with Crippen LogP contribution in [0.5, 0.6) is 0 Å². The molecule has 7 nitrogen and oxygen atoms in total. The Hall–Kier alpha value is -1.18. The van der Waals surface area contributed by atoms with Crippen molar-refractivity contribution in [3.8, 4) is 0 Å². The Balaban J connectivity index is 1.33. The number of ether oxygens (including phenoxy) is 2. The van der Waals surface area contributed by atoms with Crippen molar-refractivity contribution in [2.75, 3.05) is 65.7 Å². The maximum Gasteiger partial charge on any atom is 0.225 e. The SMILES string of the molecule is O=C(C1CCOCC1)N1CCCC(N(CCCN2CCOCC2)C(=O)C2CC2)C1. The summed E-state index contributed by atoms with van der Waals surface area (Å²) in [4.78, 5) is 32.7. The minimum absolute atomic E-state index is 0.108. The van der Waals surface area contributed by atoms with Gasteiger partial charge in [-0.3, -0.25) is 14.5 Å². The van der Waals surface area contributed by atoms with Crippen molar-refractivity contribution in [1.82, 2.24) is 14.7 Å². The lowest BCUT2D eigenvalue weighted by atomic mass is 9.96. The van der Waals surface area contributed by atoms with Gasteiger partial charge in [0.15, 0.2) is 0 Å². The Labute approximate surface area is 174 Å². The highest BCUT2D eigenvalue weighted by molar-refractivity contribution is 5.82. The third-order valence-corrected chi connectivity index (χ3v) is 6.91. The molecule has 4 fully saturated rings. The fraction of sp³-hybridized carbons (Fsp3) is 0.909. The van der Waals surface area contributed by atoms with Crippen LogP contribution in [-0.2, 0) is 19.1 Å². The standard InChI is InChI=1S/C22H37N3O4/c26-21(19-6-13-28-14-7-19)24-9-1-3-20(17-24)25(22(27)18-4-5-18)10-2-8-23-11-15-29-16-12-23/h18-20H,1-17H2. The van der Waals surface area contributed by atoms with E-state index in [4.69, 9.17) is 9.47 Å². The van der Waals surface area contributed by atoms with E-state index in [0.717, 1.165) is 90.9 Å². The van der Waals surface area contributed by atoms with Crippen LogP contribution in [0.4, 0.5) is 0 Å². The Kier molecular flexibility index (Phi) is 7.43. The summed E-state index contributed by atoms with van der Waals surface area (Å²) in [6, 6.07) is 0.185. The zero-order valence-electron chi connectivity index (χ0n) is 17.7.